The molecule has 0 radical (unpaired) electrons. The van der Waals surface area contributed by atoms with Gasteiger partial charge in [0.1, 0.15) is 5.71 Å². The van der Waals surface area contributed by atoms with E-state index in [2.05, 4.69) is 10.0 Å². The second kappa shape index (κ2) is 10.3. The molecule has 0 N–H and O–H groups in total. The average molecular weight is 414 g/mol. The van der Waals surface area contributed by atoms with Crippen LogP contribution in [0.5, 0.6) is 0 Å². The summed E-state index contributed by atoms with van der Waals surface area (Å²) in [7, 11) is 0. The van der Waals surface area contributed by atoms with Crippen molar-refractivity contribution < 1.29 is 14.4 Å². The van der Waals surface area contributed by atoms with Crippen molar-refractivity contribution in [1.29, 1.82) is 0 Å². The van der Waals surface area contributed by atoms with Crippen LogP contribution in [0.1, 0.15) is 32.3 Å². The average Bonchev–Trinajstić information content (AvgIpc) is 2.77. The fourth-order valence-corrected chi connectivity index (χ4v) is 3.79. The molecule has 0 aliphatic carbocycles. The standard InChI is InChI=1S/C22H31N5O3/c1-3-25(4-2)21(29)17-24-12-14-26(15-13-24)22(30)19-10-11-20(28)27(23-19)16-18-8-6-5-7-9-18/h5-9H,3-4,10-17H2,1-2H3. The van der Waals surface area contributed by atoms with E-state index in [9.17, 15) is 14.4 Å². The largest absolute Gasteiger partial charge is 0.342 e. The van der Waals surface area contributed by atoms with E-state index in [-0.39, 0.29) is 17.7 Å². The molecule has 2 aliphatic heterocycles. The van der Waals surface area contributed by atoms with Crippen LogP contribution in [-0.2, 0) is 20.9 Å². The van der Waals surface area contributed by atoms with Crippen LogP contribution in [0.2, 0.25) is 0 Å². The summed E-state index contributed by atoms with van der Waals surface area (Å²) in [5.74, 6) is -0.0306. The van der Waals surface area contributed by atoms with Crippen molar-refractivity contribution in [2.75, 3.05) is 45.8 Å². The number of amides is 3. The van der Waals surface area contributed by atoms with Crippen molar-refractivity contribution >= 4 is 23.4 Å². The van der Waals surface area contributed by atoms with Crippen LogP contribution >= 0.6 is 0 Å². The van der Waals surface area contributed by atoms with Crippen molar-refractivity contribution in [3.8, 4) is 0 Å². The second-order valence-corrected chi connectivity index (χ2v) is 7.62. The number of rotatable bonds is 7. The number of hydrogen-bond donors (Lipinski definition) is 0. The summed E-state index contributed by atoms with van der Waals surface area (Å²) in [6.45, 7) is 8.62. The first-order chi connectivity index (χ1) is 14.5. The van der Waals surface area contributed by atoms with Gasteiger partial charge in [0.15, 0.2) is 0 Å². The van der Waals surface area contributed by atoms with Crippen molar-refractivity contribution in [2.24, 2.45) is 5.10 Å². The van der Waals surface area contributed by atoms with E-state index < -0.39 is 0 Å². The maximum absolute atomic E-state index is 13.0. The zero-order chi connectivity index (χ0) is 21.5. The molecular formula is C22H31N5O3. The number of piperazine rings is 1. The lowest BCUT2D eigenvalue weighted by molar-refractivity contribution is -0.133. The Morgan fingerprint density at radius 1 is 1.00 bits per heavy atom. The number of benzene rings is 1. The van der Waals surface area contributed by atoms with Gasteiger partial charge < -0.3 is 9.80 Å². The number of nitrogens with zero attached hydrogens (tertiary/aromatic N) is 5. The number of likely N-dealkylation sites (N-methyl/N-ethyl adjacent to an activating group) is 1. The van der Waals surface area contributed by atoms with E-state index in [0.29, 0.717) is 70.9 Å². The third-order valence-electron chi connectivity index (χ3n) is 5.66. The predicted molar refractivity (Wildman–Crippen MR) is 115 cm³/mol. The first-order valence-corrected chi connectivity index (χ1v) is 10.7. The molecule has 3 amide bonds. The third kappa shape index (κ3) is 5.44. The van der Waals surface area contributed by atoms with Crippen LogP contribution in [0.3, 0.4) is 0 Å². The molecule has 1 fully saturated rings. The number of hydrogen-bond acceptors (Lipinski definition) is 5. The molecule has 162 valence electrons. The molecule has 0 atom stereocenters. The highest BCUT2D eigenvalue weighted by molar-refractivity contribution is 6.39. The first-order valence-electron chi connectivity index (χ1n) is 10.7. The predicted octanol–water partition coefficient (Wildman–Crippen LogP) is 1.18. The molecule has 0 aromatic heterocycles. The molecule has 2 aliphatic rings. The SMILES string of the molecule is CCN(CC)C(=O)CN1CCN(C(=O)C2=NN(Cc3ccccc3)C(=O)CC2)CC1. The summed E-state index contributed by atoms with van der Waals surface area (Å²) in [5.41, 5.74) is 1.42. The van der Waals surface area contributed by atoms with E-state index in [1.165, 1.54) is 5.01 Å². The van der Waals surface area contributed by atoms with Gasteiger partial charge in [-0.3, -0.25) is 19.3 Å². The molecule has 8 nitrogen and oxygen atoms in total. The summed E-state index contributed by atoms with van der Waals surface area (Å²) >= 11 is 0. The van der Waals surface area contributed by atoms with E-state index in [0.717, 1.165) is 5.56 Å². The van der Waals surface area contributed by atoms with Gasteiger partial charge >= 0.3 is 0 Å². The summed E-state index contributed by atoms with van der Waals surface area (Å²) in [6, 6.07) is 9.65. The van der Waals surface area contributed by atoms with Gasteiger partial charge in [-0.1, -0.05) is 30.3 Å². The van der Waals surface area contributed by atoms with Crippen molar-refractivity contribution in [3.05, 3.63) is 35.9 Å². The Balaban J connectivity index is 1.55. The molecule has 1 aromatic carbocycles. The van der Waals surface area contributed by atoms with Crippen LogP contribution in [0.15, 0.2) is 35.4 Å². The number of carbonyl (C=O) groups is 3. The molecule has 30 heavy (non-hydrogen) atoms. The molecule has 1 saturated heterocycles. The fourth-order valence-electron chi connectivity index (χ4n) is 3.79. The lowest BCUT2D eigenvalue weighted by Crippen LogP contribution is -2.53. The second-order valence-electron chi connectivity index (χ2n) is 7.62. The molecule has 0 spiro atoms. The van der Waals surface area contributed by atoms with Crippen LogP contribution in [0.25, 0.3) is 0 Å². The maximum Gasteiger partial charge on any atom is 0.270 e. The van der Waals surface area contributed by atoms with Gasteiger partial charge in [-0.25, -0.2) is 5.01 Å². The Morgan fingerprint density at radius 3 is 2.30 bits per heavy atom. The summed E-state index contributed by atoms with van der Waals surface area (Å²) < 4.78 is 0. The minimum atomic E-state index is -0.102. The van der Waals surface area contributed by atoms with Gasteiger partial charge in [0.2, 0.25) is 11.8 Å². The van der Waals surface area contributed by atoms with E-state index >= 15 is 0 Å². The van der Waals surface area contributed by atoms with Gasteiger partial charge in [-0.15, -0.1) is 0 Å². The molecule has 2 heterocycles. The first kappa shape index (κ1) is 22.0. The normalized spacial score (nSPS) is 17.7. The molecule has 0 saturated carbocycles. The lowest BCUT2D eigenvalue weighted by atomic mass is 10.1. The van der Waals surface area contributed by atoms with Crippen LogP contribution in [-0.4, -0.2) is 89.0 Å². The van der Waals surface area contributed by atoms with Crippen molar-refractivity contribution in [3.63, 3.8) is 0 Å². The molecule has 0 bridgehead atoms. The molecule has 0 unspecified atom stereocenters. The van der Waals surface area contributed by atoms with E-state index in [4.69, 9.17) is 0 Å². The zero-order valence-corrected chi connectivity index (χ0v) is 17.9. The van der Waals surface area contributed by atoms with Gasteiger partial charge in [0.05, 0.1) is 13.1 Å². The van der Waals surface area contributed by atoms with Crippen molar-refractivity contribution in [2.45, 2.75) is 33.2 Å². The quantitative estimate of drug-likeness (QED) is 0.673. The minimum absolute atomic E-state index is 0.0601. The van der Waals surface area contributed by atoms with Gasteiger partial charge in [-0.05, 0) is 19.4 Å². The fraction of sp³-hybridized carbons (Fsp3) is 0.545. The Hall–Kier alpha value is -2.74. The summed E-state index contributed by atoms with van der Waals surface area (Å²) in [5, 5.41) is 5.79. The molecular weight excluding hydrogens is 382 g/mol. The third-order valence-corrected chi connectivity index (χ3v) is 5.66. The highest BCUT2D eigenvalue weighted by atomic mass is 16.2. The molecule has 1 aromatic rings. The molecule has 3 rings (SSSR count). The lowest BCUT2D eigenvalue weighted by Gasteiger charge is -2.36. The highest BCUT2D eigenvalue weighted by Gasteiger charge is 2.30. The Morgan fingerprint density at radius 2 is 1.67 bits per heavy atom. The highest BCUT2D eigenvalue weighted by Crippen LogP contribution is 2.15. The topological polar surface area (TPSA) is 76.5 Å². The number of carbonyl (C=O) groups excluding carboxylic acids is 3. The van der Waals surface area contributed by atoms with Crippen LogP contribution in [0, 0.1) is 0 Å². The monoisotopic (exact) mass is 413 g/mol. The Bertz CT molecular complexity index is 783. The van der Waals surface area contributed by atoms with Gasteiger partial charge in [-0.2, -0.15) is 5.10 Å². The van der Waals surface area contributed by atoms with Gasteiger partial charge in [0, 0.05) is 52.1 Å². The van der Waals surface area contributed by atoms with Crippen LogP contribution in [0.4, 0.5) is 0 Å². The minimum Gasteiger partial charge on any atom is -0.342 e. The van der Waals surface area contributed by atoms with E-state index in [1.54, 1.807) is 4.90 Å². The summed E-state index contributed by atoms with van der Waals surface area (Å²) in [4.78, 5) is 43.2. The van der Waals surface area contributed by atoms with Crippen molar-refractivity contribution in [1.82, 2.24) is 19.7 Å². The van der Waals surface area contributed by atoms with Gasteiger partial charge in [0.25, 0.3) is 5.91 Å². The Kier molecular flexibility index (Phi) is 7.57. The Labute approximate surface area is 178 Å². The maximum atomic E-state index is 13.0. The smallest absolute Gasteiger partial charge is 0.270 e. The van der Waals surface area contributed by atoms with E-state index in [1.807, 2.05) is 49.1 Å². The zero-order valence-electron chi connectivity index (χ0n) is 17.9. The summed E-state index contributed by atoms with van der Waals surface area (Å²) in [6.07, 6.45) is 0.680. The molecule has 8 heteroatoms. The number of hydrazone groups is 1. The van der Waals surface area contributed by atoms with Crippen LogP contribution < -0.4 is 0 Å².